The highest BCUT2D eigenvalue weighted by atomic mass is 28.3. The summed E-state index contributed by atoms with van der Waals surface area (Å²) in [6, 6.07) is 20.1. The Hall–Kier alpha value is -2.32. The largest absolute Gasteiger partial charge is 0.461 e. The molecular formula is C24H26OSi. The molecule has 1 nitrogen and oxygen atoms in total. The van der Waals surface area contributed by atoms with E-state index in [0.29, 0.717) is 0 Å². The van der Waals surface area contributed by atoms with Gasteiger partial charge in [-0.3, -0.25) is 0 Å². The zero-order valence-electron chi connectivity index (χ0n) is 16.1. The first kappa shape index (κ1) is 17.1. The van der Waals surface area contributed by atoms with E-state index in [9.17, 15) is 0 Å². The smallest absolute Gasteiger partial charge is 0.130 e. The summed E-state index contributed by atoms with van der Waals surface area (Å²) >= 11 is 0. The lowest BCUT2D eigenvalue weighted by molar-refractivity contribution is 0.503. The van der Waals surface area contributed by atoms with Gasteiger partial charge < -0.3 is 4.42 Å². The average Bonchev–Trinajstić information content (AvgIpc) is 3.27. The van der Waals surface area contributed by atoms with Crippen LogP contribution in [0.5, 0.6) is 0 Å². The molecule has 0 amide bonds. The third-order valence-electron chi connectivity index (χ3n) is 5.28. The number of furan rings is 1. The molecule has 2 heteroatoms. The first-order valence-electron chi connectivity index (χ1n) is 9.48. The highest BCUT2D eigenvalue weighted by molar-refractivity contribution is 6.88. The maximum absolute atomic E-state index is 5.98. The van der Waals surface area contributed by atoms with Crippen molar-refractivity contribution in [2.75, 3.05) is 0 Å². The number of hydrogen-bond acceptors (Lipinski definition) is 1. The molecule has 0 saturated heterocycles. The van der Waals surface area contributed by atoms with E-state index in [1.54, 1.807) is 0 Å². The van der Waals surface area contributed by atoms with Gasteiger partial charge >= 0.3 is 0 Å². The van der Waals surface area contributed by atoms with Crippen molar-refractivity contribution in [2.45, 2.75) is 39.4 Å². The Kier molecular flexibility index (Phi) is 4.24. The van der Waals surface area contributed by atoms with Crippen LogP contribution >= 0.6 is 0 Å². The Morgan fingerprint density at radius 3 is 2.35 bits per heavy atom. The highest BCUT2D eigenvalue weighted by Crippen LogP contribution is 2.38. The van der Waals surface area contributed by atoms with Crippen LogP contribution in [-0.2, 0) is 12.8 Å². The molecule has 0 aliphatic heterocycles. The Morgan fingerprint density at radius 2 is 1.69 bits per heavy atom. The molecular weight excluding hydrogens is 332 g/mol. The fourth-order valence-electron chi connectivity index (χ4n) is 3.67. The van der Waals surface area contributed by atoms with Crippen molar-refractivity contribution in [1.29, 1.82) is 0 Å². The lowest BCUT2D eigenvalue weighted by Gasteiger charge is -2.17. The first-order valence-corrected chi connectivity index (χ1v) is 13.0. The normalized spacial score (nSPS) is 13.6. The van der Waals surface area contributed by atoms with E-state index in [4.69, 9.17) is 4.42 Å². The van der Waals surface area contributed by atoms with Crippen LogP contribution in [0.4, 0.5) is 0 Å². The maximum atomic E-state index is 5.98. The standard InChI is InChI=1S/C24H26OSi/c1-5-20-11-14-24(25-20)19-15-18-7-6-8-22(23(18)16-19)17-9-12-21(13-10-17)26(2,3)4/h6-14,16H,5,15H2,1-4H3. The summed E-state index contributed by atoms with van der Waals surface area (Å²) in [5.41, 5.74) is 6.64. The molecule has 1 aromatic heterocycles. The van der Waals surface area contributed by atoms with Gasteiger partial charge in [0.1, 0.15) is 11.5 Å². The molecule has 0 saturated carbocycles. The molecule has 0 fully saturated rings. The lowest BCUT2D eigenvalue weighted by Crippen LogP contribution is -2.37. The Balaban J connectivity index is 1.72. The number of fused-ring (bicyclic) bond motifs is 1. The molecule has 0 bridgehead atoms. The van der Waals surface area contributed by atoms with Gasteiger partial charge in [0.15, 0.2) is 0 Å². The second kappa shape index (κ2) is 6.44. The summed E-state index contributed by atoms with van der Waals surface area (Å²) in [6.45, 7) is 9.31. The Morgan fingerprint density at radius 1 is 0.923 bits per heavy atom. The quantitative estimate of drug-likeness (QED) is 0.510. The van der Waals surface area contributed by atoms with Gasteiger partial charge in [-0.15, -0.1) is 0 Å². The van der Waals surface area contributed by atoms with Gasteiger partial charge in [-0.1, -0.05) is 74.2 Å². The Bertz CT molecular complexity index is 968. The van der Waals surface area contributed by atoms with Gasteiger partial charge in [0.25, 0.3) is 0 Å². The molecule has 0 atom stereocenters. The van der Waals surface area contributed by atoms with Crippen molar-refractivity contribution < 1.29 is 4.42 Å². The van der Waals surface area contributed by atoms with Crippen LogP contribution in [0.25, 0.3) is 22.8 Å². The number of hydrogen-bond donors (Lipinski definition) is 0. The van der Waals surface area contributed by atoms with Crippen molar-refractivity contribution in [2.24, 2.45) is 0 Å². The van der Waals surface area contributed by atoms with Crippen molar-refractivity contribution in [1.82, 2.24) is 0 Å². The molecule has 26 heavy (non-hydrogen) atoms. The first-order chi connectivity index (χ1) is 12.5. The van der Waals surface area contributed by atoms with Gasteiger partial charge in [0, 0.05) is 12.8 Å². The minimum atomic E-state index is -1.26. The van der Waals surface area contributed by atoms with Crippen LogP contribution < -0.4 is 5.19 Å². The predicted molar refractivity (Wildman–Crippen MR) is 115 cm³/mol. The van der Waals surface area contributed by atoms with E-state index < -0.39 is 8.07 Å². The fraction of sp³-hybridized carbons (Fsp3) is 0.250. The van der Waals surface area contributed by atoms with Crippen molar-refractivity contribution in [3.63, 3.8) is 0 Å². The summed E-state index contributed by atoms with van der Waals surface area (Å²) in [7, 11) is -1.26. The molecule has 1 heterocycles. The van der Waals surface area contributed by atoms with E-state index in [2.05, 4.69) is 87.2 Å². The molecule has 0 spiro atoms. The van der Waals surface area contributed by atoms with Crippen molar-refractivity contribution in [3.05, 3.63) is 77.2 Å². The minimum absolute atomic E-state index is 0.939. The third kappa shape index (κ3) is 3.10. The van der Waals surface area contributed by atoms with Gasteiger partial charge in [-0.05, 0) is 46.0 Å². The van der Waals surface area contributed by atoms with Crippen LogP contribution in [0.3, 0.4) is 0 Å². The van der Waals surface area contributed by atoms with Gasteiger partial charge in [0.2, 0.25) is 0 Å². The Labute approximate surface area is 157 Å². The molecule has 1 aliphatic rings. The fourth-order valence-corrected chi connectivity index (χ4v) is 4.84. The average molecular weight is 359 g/mol. The predicted octanol–water partition coefficient (Wildman–Crippen LogP) is 6.15. The van der Waals surface area contributed by atoms with Crippen LogP contribution in [0.15, 0.2) is 59.0 Å². The molecule has 2 aromatic carbocycles. The van der Waals surface area contributed by atoms with E-state index in [1.807, 2.05) is 0 Å². The van der Waals surface area contributed by atoms with E-state index in [0.717, 1.165) is 24.4 Å². The summed E-state index contributed by atoms with van der Waals surface area (Å²) in [6.07, 6.45) is 4.21. The summed E-state index contributed by atoms with van der Waals surface area (Å²) in [5, 5.41) is 1.51. The molecule has 132 valence electrons. The highest BCUT2D eigenvalue weighted by Gasteiger charge is 2.20. The monoisotopic (exact) mass is 358 g/mol. The molecule has 4 rings (SSSR count). The number of rotatable bonds is 4. The zero-order chi connectivity index (χ0) is 18.3. The van der Waals surface area contributed by atoms with Crippen LogP contribution in [0.1, 0.15) is 29.6 Å². The molecule has 0 radical (unpaired) electrons. The topological polar surface area (TPSA) is 13.1 Å². The third-order valence-corrected chi connectivity index (χ3v) is 7.35. The SMILES string of the molecule is CCc1ccc(C2=Cc3c(cccc3-c3ccc([Si](C)(C)C)cc3)C2)o1. The summed E-state index contributed by atoms with van der Waals surface area (Å²) in [5.74, 6) is 2.07. The van der Waals surface area contributed by atoms with Crippen molar-refractivity contribution >= 4 is 24.9 Å². The molecule has 1 aliphatic carbocycles. The van der Waals surface area contributed by atoms with E-state index in [-0.39, 0.29) is 0 Å². The van der Waals surface area contributed by atoms with Crippen LogP contribution in [-0.4, -0.2) is 8.07 Å². The number of benzene rings is 2. The molecule has 3 aromatic rings. The van der Waals surface area contributed by atoms with E-state index in [1.165, 1.54) is 33.0 Å². The minimum Gasteiger partial charge on any atom is -0.461 e. The zero-order valence-corrected chi connectivity index (χ0v) is 17.1. The maximum Gasteiger partial charge on any atom is 0.130 e. The van der Waals surface area contributed by atoms with Gasteiger partial charge in [-0.25, -0.2) is 0 Å². The van der Waals surface area contributed by atoms with Gasteiger partial charge in [-0.2, -0.15) is 0 Å². The second-order valence-electron chi connectivity index (χ2n) is 8.17. The van der Waals surface area contributed by atoms with Crippen LogP contribution in [0, 0.1) is 0 Å². The van der Waals surface area contributed by atoms with Crippen molar-refractivity contribution in [3.8, 4) is 11.1 Å². The molecule has 0 N–H and O–H groups in total. The summed E-state index contributed by atoms with van der Waals surface area (Å²) < 4.78 is 5.98. The number of aryl methyl sites for hydroxylation is 1. The lowest BCUT2D eigenvalue weighted by atomic mass is 9.97. The summed E-state index contributed by atoms with van der Waals surface area (Å²) in [4.78, 5) is 0. The van der Waals surface area contributed by atoms with E-state index >= 15 is 0 Å². The number of allylic oxidation sites excluding steroid dienone is 1. The van der Waals surface area contributed by atoms with Gasteiger partial charge in [0.05, 0.1) is 8.07 Å². The second-order valence-corrected chi connectivity index (χ2v) is 13.2. The molecule has 0 unspecified atom stereocenters. The van der Waals surface area contributed by atoms with Crippen LogP contribution in [0.2, 0.25) is 19.6 Å².